The van der Waals surface area contributed by atoms with Crippen molar-refractivity contribution < 1.29 is 4.79 Å². The van der Waals surface area contributed by atoms with Crippen LogP contribution in [-0.4, -0.2) is 25.5 Å². The molecule has 24 heavy (non-hydrogen) atoms. The standard InChI is InChI=1S/C21H32N2O/c1-17-7-5-9-19(15-17)21(11-3-2-4-12-21)20(24)23-14-10-18-8-6-13-22-16-18/h5,7,9,15,18,22H,2-4,6,8,10-14,16H2,1H3,(H,23,24). The summed E-state index contributed by atoms with van der Waals surface area (Å²) >= 11 is 0. The molecule has 1 aromatic carbocycles. The number of benzene rings is 1. The van der Waals surface area contributed by atoms with E-state index in [-0.39, 0.29) is 11.3 Å². The van der Waals surface area contributed by atoms with Gasteiger partial charge in [-0.25, -0.2) is 0 Å². The van der Waals surface area contributed by atoms with Crippen molar-refractivity contribution in [1.29, 1.82) is 0 Å². The molecule has 0 radical (unpaired) electrons. The van der Waals surface area contributed by atoms with E-state index < -0.39 is 0 Å². The molecule has 0 bridgehead atoms. The molecular weight excluding hydrogens is 296 g/mol. The molecule has 1 amide bonds. The Labute approximate surface area is 146 Å². The topological polar surface area (TPSA) is 41.1 Å². The SMILES string of the molecule is Cc1cccc(C2(C(=O)NCCC3CCCNC3)CCCCC2)c1. The number of rotatable bonds is 5. The Kier molecular flexibility index (Phi) is 5.94. The fourth-order valence-corrected chi connectivity index (χ4v) is 4.47. The van der Waals surface area contributed by atoms with Gasteiger partial charge in [0, 0.05) is 6.54 Å². The number of hydrogen-bond acceptors (Lipinski definition) is 2. The van der Waals surface area contributed by atoms with Crippen LogP contribution in [0.25, 0.3) is 0 Å². The first-order valence-corrected chi connectivity index (χ1v) is 9.77. The molecular formula is C21H32N2O. The van der Waals surface area contributed by atoms with Gasteiger partial charge in [0.2, 0.25) is 5.91 Å². The number of carbonyl (C=O) groups is 1. The lowest BCUT2D eigenvalue weighted by atomic mass is 9.68. The van der Waals surface area contributed by atoms with Crippen LogP contribution >= 0.6 is 0 Å². The number of amides is 1. The van der Waals surface area contributed by atoms with E-state index in [2.05, 4.69) is 41.8 Å². The fourth-order valence-electron chi connectivity index (χ4n) is 4.47. The van der Waals surface area contributed by atoms with Crippen molar-refractivity contribution in [2.75, 3.05) is 19.6 Å². The molecule has 0 aromatic heterocycles. The lowest BCUT2D eigenvalue weighted by molar-refractivity contribution is -0.128. The molecule has 1 unspecified atom stereocenters. The van der Waals surface area contributed by atoms with Gasteiger partial charge >= 0.3 is 0 Å². The first kappa shape index (κ1) is 17.5. The molecule has 3 nitrogen and oxygen atoms in total. The Morgan fingerprint density at radius 3 is 2.79 bits per heavy atom. The van der Waals surface area contributed by atoms with E-state index in [0.717, 1.165) is 57.7 Å². The van der Waals surface area contributed by atoms with Gasteiger partial charge in [-0.3, -0.25) is 4.79 Å². The molecule has 2 fully saturated rings. The van der Waals surface area contributed by atoms with Crippen LogP contribution in [0, 0.1) is 12.8 Å². The van der Waals surface area contributed by atoms with Crippen LogP contribution < -0.4 is 10.6 Å². The van der Waals surface area contributed by atoms with E-state index in [9.17, 15) is 4.79 Å². The first-order valence-electron chi connectivity index (χ1n) is 9.77. The Bertz CT molecular complexity index is 543. The second-order valence-electron chi connectivity index (χ2n) is 7.77. The van der Waals surface area contributed by atoms with Crippen molar-refractivity contribution in [2.24, 2.45) is 5.92 Å². The molecule has 2 aliphatic rings. The quantitative estimate of drug-likeness (QED) is 0.865. The van der Waals surface area contributed by atoms with E-state index in [1.165, 1.54) is 30.4 Å². The van der Waals surface area contributed by atoms with Gasteiger partial charge in [0.15, 0.2) is 0 Å². The van der Waals surface area contributed by atoms with E-state index in [4.69, 9.17) is 0 Å². The van der Waals surface area contributed by atoms with E-state index in [1.54, 1.807) is 0 Å². The van der Waals surface area contributed by atoms with Gasteiger partial charge in [-0.05, 0) is 63.6 Å². The Morgan fingerprint density at radius 2 is 2.08 bits per heavy atom. The van der Waals surface area contributed by atoms with Gasteiger partial charge in [-0.2, -0.15) is 0 Å². The summed E-state index contributed by atoms with van der Waals surface area (Å²) in [7, 11) is 0. The van der Waals surface area contributed by atoms with Gasteiger partial charge in [0.1, 0.15) is 0 Å². The maximum atomic E-state index is 13.1. The summed E-state index contributed by atoms with van der Waals surface area (Å²) in [6.07, 6.45) is 9.23. The van der Waals surface area contributed by atoms with Gasteiger partial charge < -0.3 is 10.6 Å². The summed E-state index contributed by atoms with van der Waals surface area (Å²) in [6, 6.07) is 8.59. The minimum absolute atomic E-state index is 0.261. The van der Waals surface area contributed by atoms with Crippen LogP contribution in [0.4, 0.5) is 0 Å². The molecule has 1 aliphatic heterocycles. The predicted octanol–water partition coefficient (Wildman–Crippen LogP) is 3.70. The highest BCUT2D eigenvalue weighted by atomic mass is 16.2. The molecule has 3 rings (SSSR count). The average molecular weight is 329 g/mol. The monoisotopic (exact) mass is 328 g/mol. The third-order valence-corrected chi connectivity index (χ3v) is 5.95. The van der Waals surface area contributed by atoms with E-state index >= 15 is 0 Å². The lowest BCUT2D eigenvalue weighted by Crippen LogP contribution is -2.46. The van der Waals surface area contributed by atoms with E-state index in [0.29, 0.717) is 0 Å². The zero-order valence-electron chi connectivity index (χ0n) is 15.1. The number of piperidine rings is 1. The number of aryl methyl sites for hydroxylation is 1. The molecule has 1 saturated carbocycles. The minimum Gasteiger partial charge on any atom is -0.355 e. The molecule has 2 N–H and O–H groups in total. The summed E-state index contributed by atoms with van der Waals surface area (Å²) in [5, 5.41) is 6.75. The van der Waals surface area contributed by atoms with Crippen molar-refractivity contribution in [3.05, 3.63) is 35.4 Å². The highest BCUT2D eigenvalue weighted by Gasteiger charge is 2.40. The third kappa shape index (κ3) is 4.00. The van der Waals surface area contributed by atoms with E-state index in [1.807, 2.05) is 0 Å². The fraction of sp³-hybridized carbons (Fsp3) is 0.667. The molecule has 132 valence electrons. The molecule has 1 saturated heterocycles. The van der Waals surface area contributed by atoms with Crippen molar-refractivity contribution in [3.8, 4) is 0 Å². The van der Waals surface area contributed by atoms with Crippen LogP contribution in [0.3, 0.4) is 0 Å². The highest BCUT2D eigenvalue weighted by Crippen LogP contribution is 2.40. The summed E-state index contributed by atoms with van der Waals surface area (Å²) in [4.78, 5) is 13.1. The molecule has 3 heteroatoms. The maximum absolute atomic E-state index is 13.1. The summed E-state index contributed by atoms with van der Waals surface area (Å²) in [5.74, 6) is 0.983. The Hall–Kier alpha value is -1.35. The van der Waals surface area contributed by atoms with Crippen LogP contribution in [0.15, 0.2) is 24.3 Å². The highest BCUT2D eigenvalue weighted by molar-refractivity contribution is 5.88. The van der Waals surface area contributed by atoms with Crippen molar-refractivity contribution in [3.63, 3.8) is 0 Å². The largest absolute Gasteiger partial charge is 0.355 e. The normalized spacial score (nSPS) is 23.6. The van der Waals surface area contributed by atoms with Crippen molar-refractivity contribution in [2.45, 2.75) is 63.7 Å². The van der Waals surface area contributed by atoms with Crippen molar-refractivity contribution in [1.82, 2.24) is 10.6 Å². The van der Waals surface area contributed by atoms with Gasteiger partial charge in [-0.15, -0.1) is 0 Å². The molecule has 1 aromatic rings. The summed E-state index contributed by atoms with van der Waals surface area (Å²) in [5.41, 5.74) is 2.17. The predicted molar refractivity (Wildman–Crippen MR) is 99.2 cm³/mol. The zero-order chi connectivity index (χ0) is 16.8. The summed E-state index contributed by atoms with van der Waals surface area (Å²) < 4.78 is 0. The van der Waals surface area contributed by atoms with Crippen LogP contribution in [0.2, 0.25) is 0 Å². The maximum Gasteiger partial charge on any atom is 0.230 e. The third-order valence-electron chi connectivity index (χ3n) is 5.95. The Morgan fingerprint density at radius 1 is 1.25 bits per heavy atom. The Balaban J connectivity index is 1.65. The molecule has 0 spiro atoms. The molecule has 1 aliphatic carbocycles. The average Bonchev–Trinajstić information content (AvgIpc) is 2.63. The number of hydrogen-bond donors (Lipinski definition) is 2. The van der Waals surface area contributed by atoms with Gasteiger partial charge in [0.25, 0.3) is 0 Å². The second-order valence-corrected chi connectivity index (χ2v) is 7.77. The summed E-state index contributed by atoms with van der Waals surface area (Å²) in [6.45, 7) is 5.20. The number of carbonyl (C=O) groups excluding carboxylic acids is 1. The minimum atomic E-state index is -0.297. The zero-order valence-corrected chi connectivity index (χ0v) is 15.1. The van der Waals surface area contributed by atoms with Crippen LogP contribution in [0.5, 0.6) is 0 Å². The van der Waals surface area contributed by atoms with Gasteiger partial charge in [0.05, 0.1) is 5.41 Å². The smallest absolute Gasteiger partial charge is 0.230 e. The number of nitrogens with one attached hydrogen (secondary N) is 2. The van der Waals surface area contributed by atoms with Crippen LogP contribution in [-0.2, 0) is 10.2 Å². The van der Waals surface area contributed by atoms with Crippen LogP contribution in [0.1, 0.15) is 62.5 Å². The van der Waals surface area contributed by atoms with Crippen molar-refractivity contribution >= 4 is 5.91 Å². The molecule has 1 heterocycles. The first-order chi connectivity index (χ1) is 11.7. The second kappa shape index (κ2) is 8.15. The molecule has 1 atom stereocenters. The van der Waals surface area contributed by atoms with Gasteiger partial charge in [-0.1, -0.05) is 49.1 Å². The lowest BCUT2D eigenvalue weighted by Gasteiger charge is -2.37.